The molecule has 2 aromatic rings. The van der Waals surface area contributed by atoms with Gasteiger partial charge in [0.05, 0.1) is 19.2 Å². The van der Waals surface area contributed by atoms with E-state index >= 15 is 0 Å². The molecule has 0 spiro atoms. The molecule has 0 heterocycles. The number of nitrogens with one attached hydrogen (secondary N) is 1. The van der Waals surface area contributed by atoms with E-state index in [0.717, 1.165) is 5.56 Å². The molecule has 0 aliphatic carbocycles. The van der Waals surface area contributed by atoms with Crippen LogP contribution in [0.5, 0.6) is 17.2 Å². The van der Waals surface area contributed by atoms with Crippen molar-refractivity contribution in [3.8, 4) is 17.2 Å². The standard InChI is InChI=1S/C17H19Cl2NO3/c1-21-16-9-12(14(19)10-17(16)22-2)11-20-7-8-23-15-6-4-3-5-13(15)18/h3-6,9-10,20H,7-8,11H2,1-2H3. The van der Waals surface area contributed by atoms with Gasteiger partial charge in [-0.25, -0.2) is 0 Å². The highest BCUT2D eigenvalue weighted by atomic mass is 35.5. The molecule has 0 aliphatic heterocycles. The van der Waals surface area contributed by atoms with Crippen molar-refractivity contribution in [2.45, 2.75) is 6.54 Å². The smallest absolute Gasteiger partial charge is 0.162 e. The molecule has 2 rings (SSSR count). The van der Waals surface area contributed by atoms with Gasteiger partial charge in [-0.05, 0) is 23.8 Å². The predicted octanol–water partition coefficient (Wildman–Crippen LogP) is 4.18. The van der Waals surface area contributed by atoms with Gasteiger partial charge in [0.1, 0.15) is 12.4 Å². The average molecular weight is 356 g/mol. The Morgan fingerprint density at radius 3 is 2.30 bits per heavy atom. The second kappa shape index (κ2) is 8.87. The first kappa shape index (κ1) is 17.7. The molecule has 0 fully saturated rings. The zero-order chi connectivity index (χ0) is 16.7. The number of rotatable bonds is 8. The molecule has 6 heteroatoms. The molecule has 4 nitrogen and oxygen atoms in total. The highest BCUT2D eigenvalue weighted by molar-refractivity contribution is 6.32. The molecule has 124 valence electrons. The fourth-order valence-corrected chi connectivity index (χ4v) is 2.46. The summed E-state index contributed by atoms with van der Waals surface area (Å²) in [5.41, 5.74) is 0.932. The van der Waals surface area contributed by atoms with Crippen LogP contribution in [0.4, 0.5) is 0 Å². The summed E-state index contributed by atoms with van der Waals surface area (Å²) < 4.78 is 16.1. The van der Waals surface area contributed by atoms with E-state index < -0.39 is 0 Å². The summed E-state index contributed by atoms with van der Waals surface area (Å²) in [7, 11) is 3.18. The lowest BCUT2D eigenvalue weighted by atomic mass is 10.2. The van der Waals surface area contributed by atoms with Gasteiger partial charge < -0.3 is 19.5 Å². The molecule has 0 radical (unpaired) electrons. The average Bonchev–Trinajstić information content (AvgIpc) is 2.57. The maximum atomic E-state index is 6.24. The van der Waals surface area contributed by atoms with Crippen molar-refractivity contribution in [3.05, 3.63) is 52.0 Å². The van der Waals surface area contributed by atoms with E-state index in [1.807, 2.05) is 24.3 Å². The summed E-state index contributed by atoms with van der Waals surface area (Å²) in [5.74, 6) is 1.95. The lowest BCUT2D eigenvalue weighted by molar-refractivity contribution is 0.313. The van der Waals surface area contributed by atoms with E-state index in [0.29, 0.717) is 47.0 Å². The molecule has 0 unspecified atom stereocenters. The molecule has 0 bridgehead atoms. The minimum absolute atomic E-state index is 0.509. The van der Waals surface area contributed by atoms with Crippen LogP contribution in [0.25, 0.3) is 0 Å². The van der Waals surface area contributed by atoms with Crippen LogP contribution in [0.15, 0.2) is 36.4 Å². The molecular formula is C17H19Cl2NO3. The van der Waals surface area contributed by atoms with Crippen molar-refractivity contribution < 1.29 is 14.2 Å². The number of para-hydroxylation sites is 1. The quantitative estimate of drug-likeness (QED) is 0.721. The van der Waals surface area contributed by atoms with Crippen LogP contribution in [0, 0.1) is 0 Å². The SMILES string of the molecule is COc1cc(Cl)c(CNCCOc2ccccc2Cl)cc1OC. The summed E-state index contributed by atoms with van der Waals surface area (Å²) in [6.07, 6.45) is 0. The van der Waals surface area contributed by atoms with E-state index in [9.17, 15) is 0 Å². The van der Waals surface area contributed by atoms with Crippen LogP contribution < -0.4 is 19.5 Å². The van der Waals surface area contributed by atoms with Crippen molar-refractivity contribution in [2.24, 2.45) is 0 Å². The highest BCUT2D eigenvalue weighted by Crippen LogP contribution is 2.32. The molecule has 0 atom stereocenters. The van der Waals surface area contributed by atoms with Crippen LogP contribution in [0.1, 0.15) is 5.56 Å². The van der Waals surface area contributed by atoms with Gasteiger partial charge in [0.25, 0.3) is 0 Å². The topological polar surface area (TPSA) is 39.7 Å². The van der Waals surface area contributed by atoms with E-state index in [-0.39, 0.29) is 0 Å². The van der Waals surface area contributed by atoms with Crippen molar-refractivity contribution >= 4 is 23.2 Å². The number of ether oxygens (including phenoxy) is 3. The van der Waals surface area contributed by atoms with Crippen LogP contribution in [-0.4, -0.2) is 27.4 Å². The molecule has 0 aromatic heterocycles. The summed E-state index contributed by atoms with van der Waals surface area (Å²) in [6, 6.07) is 11.0. The zero-order valence-corrected chi connectivity index (χ0v) is 14.6. The van der Waals surface area contributed by atoms with Crippen molar-refractivity contribution in [3.63, 3.8) is 0 Å². The fraction of sp³-hybridized carbons (Fsp3) is 0.294. The monoisotopic (exact) mass is 355 g/mol. The maximum absolute atomic E-state index is 6.24. The Bertz CT molecular complexity index is 650. The van der Waals surface area contributed by atoms with E-state index in [4.69, 9.17) is 37.4 Å². The van der Waals surface area contributed by atoms with Gasteiger partial charge in [-0.3, -0.25) is 0 Å². The summed E-state index contributed by atoms with van der Waals surface area (Å²) >= 11 is 12.3. The minimum Gasteiger partial charge on any atom is -0.493 e. The van der Waals surface area contributed by atoms with Gasteiger partial charge >= 0.3 is 0 Å². The largest absolute Gasteiger partial charge is 0.493 e. The van der Waals surface area contributed by atoms with Gasteiger partial charge in [-0.15, -0.1) is 0 Å². The third-order valence-corrected chi connectivity index (χ3v) is 3.91. The van der Waals surface area contributed by atoms with E-state index in [1.165, 1.54) is 0 Å². The lowest BCUT2D eigenvalue weighted by Crippen LogP contribution is -2.20. The summed E-state index contributed by atoms with van der Waals surface area (Å²) in [4.78, 5) is 0. The number of hydrogen-bond donors (Lipinski definition) is 1. The Morgan fingerprint density at radius 2 is 1.61 bits per heavy atom. The third-order valence-electron chi connectivity index (χ3n) is 3.24. The first-order chi connectivity index (χ1) is 11.2. The number of hydrogen-bond acceptors (Lipinski definition) is 4. The molecule has 1 N–H and O–H groups in total. The predicted molar refractivity (Wildman–Crippen MR) is 93.2 cm³/mol. The second-order valence-electron chi connectivity index (χ2n) is 4.75. The van der Waals surface area contributed by atoms with Gasteiger partial charge in [0, 0.05) is 24.2 Å². The first-order valence-electron chi connectivity index (χ1n) is 7.14. The Hall–Kier alpha value is -1.62. The van der Waals surface area contributed by atoms with E-state index in [2.05, 4.69) is 5.32 Å². The zero-order valence-electron chi connectivity index (χ0n) is 13.1. The fourth-order valence-electron chi connectivity index (χ4n) is 2.05. The van der Waals surface area contributed by atoms with Crippen molar-refractivity contribution in [1.29, 1.82) is 0 Å². The Labute approximate surface area is 146 Å². The Morgan fingerprint density at radius 1 is 0.913 bits per heavy atom. The number of benzene rings is 2. The Balaban J connectivity index is 1.83. The molecule has 0 aliphatic rings. The Kier molecular flexibility index (Phi) is 6.84. The lowest BCUT2D eigenvalue weighted by Gasteiger charge is -2.13. The van der Waals surface area contributed by atoms with Gasteiger partial charge in [0.15, 0.2) is 11.5 Å². The molecule has 0 amide bonds. The molecule has 2 aromatic carbocycles. The molecule has 23 heavy (non-hydrogen) atoms. The maximum Gasteiger partial charge on any atom is 0.162 e. The molecule has 0 saturated heterocycles. The minimum atomic E-state index is 0.509. The molecular weight excluding hydrogens is 337 g/mol. The first-order valence-corrected chi connectivity index (χ1v) is 7.89. The van der Waals surface area contributed by atoms with Crippen LogP contribution in [0.3, 0.4) is 0 Å². The van der Waals surface area contributed by atoms with Gasteiger partial charge in [-0.1, -0.05) is 35.3 Å². The van der Waals surface area contributed by atoms with Gasteiger partial charge in [-0.2, -0.15) is 0 Å². The number of halogens is 2. The number of methoxy groups -OCH3 is 2. The van der Waals surface area contributed by atoms with Gasteiger partial charge in [0.2, 0.25) is 0 Å². The van der Waals surface area contributed by atoms with Crippen molar-refractivity contribution in [1.82, 2.24) is 5.32 Å². The summed E-state index contributed by atoms with van der Waals surface area (Å²) in [6.45, 7) is 1.77. The third kappa shape index (κ3) is 4.93. The van der Waals surface area contributed by atoms with Crippen LogP contribution in [0.2, 0.25) is 10.0 Å². The normalized spacial score (nSPS) is 10.4. The van der Waals surface area contributed by atoms with Crippen molar-refractivity contribution in [2.75, 3.05) is 27.4 Å². The van der Waals surface area contributed by atoms with E-state index in [1.54, 1.807) is 26.4 Å². The highest BCUT2D eigenvalue weighted by Gasteiger charge is 2.09. The summed E-state index contributed by atoms with van der Waals surface area (Å²) in [5, 5.41) is 4.51. The second-order valence-corrected chi connectivity index (χ2v) is 5.57. The van der Waals surface area contributed by atoms with Crippen LogP contribution in [-0.2, 0) is 6.54 Å². The van der Waals surface area contributed by atoms with Crippen LogP contribution >= 0.6 is 23.2 Å². The molecule has 0 saturated carbocycles.